The highest BCUT2D eigenvalue weighted by Gasteiger charge is 2.21. The van der Waals surface area contributed by atoms with E-state index in [-0.39, 0.29) is 24.0 Å². The van der Waals surface area contributed by atoms with Crippen LogP contribution in [0.25, 0.3) is 11.0 Å². The number of likely N-dealkylation sites (tertiary alicyclic amines) is 1. The summed E-state index contributed by atoms with van der Waals surface area (Å²) in [4.78, 5) is 6.75. The fourth-order valence-electron chi connectivity index (χ4n) is 3.48. The summed E-state index contributed by atoms with van der Waals surface area (Å²) in [5, 5.41) is 4.62. The number of ether oxygens (including phenoxy) is 2. The third-order valence-corrected chi connectivity index (χ3v) is 4.93. The molecule has 1 fully saturated rings. The van der Waals surface area contributed by atoms with E-state index in [9.17, 15) is 0 Å². The lowest BCUT2D eigenvalue weighted by molar-refractivity contribution is 0.00991. The number of halogens is 1. The van der Waals surface area contributed by atoms with Crippen LogP contribution in [0, 0.1) is 0 Å². The summed E-state index contributed by atoms with van der Waals surface area (Å²) in [6, 6.07) is 10.2. The van der Waals surface area contributed by atoms with E-state index in [2.05, 4.69) is 27.3 Å². The summed E-state index contributed by atoms with van der Waals surface area (Å²) in [5.41, 5.74) is 0.949. The van der Waals surface area contributed by atoms with Gasteiger partial charge in [-0.25, -0.2) is 0 Å². The summed E-state index contributed by atoms with van der Waals surface area (Å²) in [6.07, 6.45) is 4.23. The van der Waals surface area contributed by atoms with Crippen molar-refractivity contribution in [1.82, 2.24) is 10.2 Å². The summed E-state index contributed by atoms with van der Waals surface area (Å²) in [6.45, 7) is 4.29. The van der Waals surface area contributed by atoms with Crippen LogP contribution in [0.1, 0.15) is 25.0 Å². The molecule has 7 heteroatoms. The molecule has 0 spiro atoms. The van der Waals surface area contributed by atoms with Crippen molar-refractivity contribution in [3.63, 3.8) is 0 Å². The molecule has 0 atom stereocenters. The van der Waals surface area contributed by atoms with Gasteiger partial charge in [-0.15, -0.1) is 24.0 Å². The molecule has 0 amide bonds. The molecule has 0 bridgehead atoms. The molecule has 0 unspecified atom stereocenters. The molecule has 156 valence electrons. The first-order chi connectivity index (χ1) is 13.3. The van der Waals surface area contributed by atoms with Gasteiger partial charge in [-0.05, 0) is 31.4 Å². The number of nitrogens with zero attached hydrogens (tertiary/aromatic N) is 2. The summed E-state index contributed by atoms with van der Waals surface area (Å²) in [5.74, 6) is 1.96. The first-order valence-corrected chi connectivity index (χ1v) is 9.83. The average molecular weight is 501 g/mol. The van der Waals surface area contributed by atoms with Crippen molar-refractivity contribution in [3.8, 4) is 0 Å². The third-order valence-electron chi connectivity index (χ3n) is 4.93. The molecular formula is C21H32IN3O3. The van der Waals surface area contributed by atoms with Crippen molar-refractivity contribution in [2.45, 2.75) is 31.8 Å². The Hall–Kier alpha value is -1.32. The summed E-state index contributed by atoms with van der Waals surface area (Å²) < 4.78 is 16.9. The lowest BCUT2D eigenvalue weighted by Gasteiger charge is -2.34. The molecule has 0 radical (unpaired) electrons. The van der Waals surface area contributed by atoms with E-state index in [0.29, 0.717) is 6.10 Å². The molecular weight excluding hydrogens is 469 g/mol. The Bertz CT molecular complexity index is 694. The molecule has 1 aromatic heterocycles. The Balaban J connectivity index is 0.00000280. The van der Waals surface area contributed by atoms with Crippen LogP contribution in [0.5, 0.6) is 0 Å². The van der Waals surface area contributed by atoms with Gasteiger partial charge in [0.05, 0.1) is 6.10 Å². The maximum absolute atomic E-state index is 5.94. The van der Waals surface area contributed by atoms with Gasteiger partial charge in [0.2, 0.25) is 0 Å². The minimum absolute atomic E-state index is 0. The van der Waals surface area contributed by atoms with Crippen molar-refractivity contribution >= 4 is 40.9 Å². The largest absolute Gasteiger partial charge is 0.461 e. The monoisotopic (exact) mass is 501 g/mol. The van der Waals surface area contributed by atoms with Crippen LogP contribution in [0.2, 0.25) is 0 Å². The van der Waals surface area contributed by atoms with E-state index < -0.39 is 0 Å². The zero-order valence-corrected chi connectivity index (χ0v) is 19.2. The van der Waals surface area contributed by atoms with Gasteiger partial charge >= 0.3 is 0 Å². The van der Waals surface area contributed by atoms with Gasteiger partial charge in [0, 0.05) is 58.8 Å². The zero-order chi connectivity index (χ0) is 18.9. The normalized spacial score (nSPS) is 15.6. The third kappa shape index (κ3) is 6.63. The topological polar surface area (TPSA) is 59.2 Å². The number of furan rings is 1. The van der Waals surface area contributed by atoms with Crippen LogP contribution >= 0.6 is 24.0 Å². The number of piperidine rings is 1. The Morgan fingerprint density at radius 2 is 2.04 bits per heavy atom. The second-order valence-corrected chi connectivity index (χ2v) is 6.88. The van der Waals surface area contributed by atoms with Crippen molar-refractivity contribution < 1.29 is 13.9 Å². The number of fused-ring (bicyclic) bond motifs is 1. The summed E-state index contributed by atoms with van der Waals surface area (Å²) >= 11 is 0. The second kappa shape index (κ2) is 12.3. The first-order valence-electron chi connectivity index (χ1n) is 9.83. The van der Waals surface area contributed by atoms with Crippen molar-refractivity contribution in [1.29, 1.82) is 0 Å². The number of methoxy groups -OCH3 is 1. The molecule has 0 saturated carbocycles. The molecule has 2 heterocycles. The number of aliphatic imine (C=N–C) groups is 1. The average Bonchev–Trinajstić information content (AvgIpc) is 3.12. The van der Waals surface area contributed by atoms with Crippen molar-refractivity contribution in [2.24, 2.45) is 4.99 Å². The van der Waals surface area contributed by atoms with Gasteiger partial charge in [0.25, 0.3) is 0 Å². The quantitative estimate of drug-likeness (QED) is 0.259. The molecule has 1 aliphatic heterocycles. The fourth-order valence-corrected chi connectivity index (χ4v) is 3.48. The van der Waals surface area contributed by atoms with Gasteiger partial charge in [-0.3, -0.25) is 4.99 Å². The zero-order valence-electron chi connectivity index (χ0n) is 16.9. The highest BCUT2D eigenvalue weighted by Crippen LogP contribution is 2.19. The Labute approximate surface area is 184 Å². The SMILES string of the molecule is CN=C(NCCc1cc2ccccc2o1)N1CCC(OCCCOC)CC1.I. The number of nitrogens with one attached hydrogen (secondary N) is 1. The fraction of sp³-hybridized carbons (Fsp3) is 0.571. The molecule has 1 aromatic carbocycles. The molecule has 0 aliphatic carbocycles. The first kappa shape index (κ1) is 23.0. The van der Waals surface area contributed by atoms with Crippen LogP contribution in [0.4, 0.5) is 0 Å². The number of hydrogen-bond donors (Lipinski definition) is 1. The van der Waals surface area contributed by atoms with Gasteiger partial charge in [0.15, 0.2) is 5.96 Å². The number of hydrogen-bond acceptors (Lipinski definition) is 4. The maximum atomic E-state index is 5.94. The Kier molecular flexibility index (Phi) is 10.1. The Morgan fingerprint density at radius 3 is 2.75 bits per heavy atom. The number of benzene rings is 1. The van der Waals surface area contributed by atoms with Crippen LogP contribution < -0.4 is 5.32 Å². The lowest BCUT2D eigenvalue weighted by atomic mass is 10.1. The van der Waals surface area contributed by atoms with Gasteiger partial charge in [-0.2, -0.15) is 0 Å². The van der Waals surface area contributed by atoms with Crippen LogP contribution in [0.3, 0.4) is 0 Å². The minimum atomic E-state index is 0. The smallest absolute Gasteiger partial charge is 0.193 e. The van der Waals surface area contributed by atoms with Gasteiger partial charge in [-0.1, -0.05) is 18.2 Å². The van der Waals surface area contributed by atoms with Crippen LogP contribution in [-0.4, -0.2) is 64.0 Å². The van der Waals surface area contributed by atoms with Crippen LogP contribution in [0.15, 0.2) is 39.7 Å². The Morgan fingerprint density at radius 1 is 1.25 bits per heavy atom. The second-order valence-electron chi connectivity index (χ2n) is 6.88. The highest BCUT2D eigenvalue weighted by atomic mass is 127. The van der Waals surface area contributed by atoms with E-state index in [1.54, 1.807) is 7.11 Å². The van der Waals surface area contributed by atoms with Crippen molar-refractivity contribution in [3.05, 3.63) is 36.1 Å². The number of guanidine groups is 1. The number of para-hydroxylation sites is 1. The summed E-state index contributed by atoms with van der Waals surface area (Å²) in [7, 11) is 3.57. The molecule has 1 N–H and O–H groups in total. The van der Waals surface area contributed by atoms with E-state index in [1.807, 2.05) is 25.2 Å². The van der Waals surface area contributed by atoms with Gasteiger partial charge < -0.3 is 24.1 Å². The molecule has 1 saturated heterocycles. The van der Waals surface area contributed by atoms with Crippen LogP contribution in [-0.2, 0) is 15.9 Å². The predicted octanol–water partition coefficient (Wildman–Crippen LogP) is 3.69. The van der Waals surface area contributed by atoms with E-state index >= 15 is 0 Å². The molecule has 28 heavy (non-hydrogen) atoms. The standard InChI is InChI=1S/C21H31N3O3.HI/c1-22-21(24-12-9-18(10-13-24)26-15-5-14-25-2)23-11-8-19-16-17-6-3-4-7-20(17)27-19;/h3-4,6-7,16,18H,5,8-15H2,1-2H3,(H,22,23);1H. The minimum Gasteiger partial charge on any atom is -0.461 e. The number of rotatable bonds is 8. The van der Waals surface area contributed by atoms with E-state index in [0.717, 1.165) is 81.2 Å². The maximum Gasteiger partial charge on any atom is 0.193 e. The van der Waals surface area contributed by atoms with Gasteiger partial charge in [0.1, 0.15) is 11.3 Å². The van der Waals surface area contributed by atoms with E-state index in [1.165, 1.54) is 0 Å². The van der Waals surface area contributed by atoms with E-state index in [4.69, 9.17) is 13.9 Å². The predicted molar refractivity (Wildman–Crippen MR) is 124 cm³/mol. The molecule has 1 aliphatic rings. The highest BCUT2D eigenvalue weighted by molar-refractivity contribution is 14.0. The molecule has 3 rings (SSSR count). The lowest BCUT2D eigenvalue weighted by Crippen LogP contribution is -2.47. The van der Waals surface area contributed by atoms with Crippen molar-refractivity contribution in [2.75, 3.05) is 47.0 Å². The molecule has 2 aromatic rings. The molecule has 6 nitrogen and oxygen atoms in total.